The zero-order valence-electron chi connectivity index (χ0n) is 18.1. The van der Waals surface area contributed by atoms with Crippen LogP contribution in [-0.4, -0.2) is 46.2 Å². The summed E-state index contributed by atoms with van der Waals surface area (Å²) in [5.41, 5.74) is 4.04. The lowest BCUT2D eigenvalue weighted by atomic mass is 9.77. The van der Waals surface area contributed by atoms with Crippen LogP contribution in [0.4, 0.5) is 0 Å². The molecule has 0 amide bonds. The molecule has 7 heteroatoms. The number of nitrogens with zero attached hydrogens (tertiary/aromatic N) is 2. The highest BCUT2D eigenvalue weighted by Crippen LogP contribution is 2.43. The molecule has 0 unspecified atom stereocenters. The van der Waals surface area contributed by atoms with Crippen molar-refractivity contribution in [2.75, 3.05) is 26.7 Å². The fraction of sp³-hybridized carbons (Fsp3) is 0.360. The number of rotatable bonds is 4. The smallest absolute Gasteiger partial charge is 0.328 e. The van der Waals surface area contributed by atoms with Crippen LogP contribution in [-0.2, 0) is 13.0 Å². The third kappa shape index (κ3) is 2.92. The highest BCUT2D eigenvalue weighted by Gasteiger charge is 2.38. The SMILES string of the molecule is COc1cccc2c1CC[C@@H]1CN(CCn3c(=O)[nH]c4c([nH]c5ccccc54)c3=O)C[C@H]21. The molecule has 2 aliphatic rings. The maximum absolute atomic E-state index is 13.1. The maximum atomic E-state index is 13.1. The van der Waals surface area contributed by atoms with Gasteiger partial charge in [0.2, 0.25) is 0 Å². The number of fused-ring (bicyclic) bond motifs is 6. The molecule has 2 N–H and O–H groups in total. The van der Waals surface area contributed by atoms with Crippen molar-refractivity contribution < 1.29 is 4.74 Å². The molecule has 7 nitrogen and oxygen atoms in total. The Morgan fingerprint density at radius 3 is 2.75 bits per heavy atom. The van der Waals surface area contributed by atoms with E-state index in [-0.39, 0.29) is 11.2 Å². The molecular weight excluding hydrogens is 404 g/mol. The van der Waals surface area contributed by atoms with Gasteiger partial charge in [0.1, 0.15) is 11.3 Å². The van der Waals surface area contributed by atoms with Crippen molar-refractivity contribution in [3.8, 4) is 5.75 Å². The van der Waals surface area contributed by atoms with Crippen molar-refractivity contribution in [1.29, 1.82) is 0 Å². The first-order valence-electron chi connectivity index (χ1n) is 11.3. The fourth-order valence-electron chi connectivity index (χ4n) is 5.78. The Labute approximate surface area is 184 Å². The molecule has 2 aromatic carbocycles. The predicted octanol–water partition coefficient (Wildman–Crippen LogP) is 2.84. The summed E-state index contributed by atoms with van der Waals surface area (Å²) in [6.07, 6.45) is 2.20. The van der Waals surface area contributed by atoms with Gasteiger partial charge in [-0.1, -0.05) is 30.3 Å². The van der Waals surface area contributed by atoms with E-state index < -0.39 is 0 Å². The molecule has 2 atom stereocenters. The Morgan fingerprint density at radius 1 is 1.00 bits per heavy atom. The number of para-hydroxylation sites is 1. The monoisotopic (exact) mass is 430 g/mol. The van der Waals surface area contributed by atoms with Crippen LogP contribution in [0.1, 0.15) is 23.5 Å². The largest absolute Gasteiger partial charge is 0.496 e. The fourth-order valence-corrected chi connectivity index (χ4v) is 5.78. The summed E-state index contributed by atoms with van der Waals surface area (Å²) in [6, 6.07) is 14.0. The maximum Gasteiger partial charge on any atom is 0.328 e. The lowest BCUT2D eigenvalue weighted by Gasteiger charge is -2.28. The van der Waals surface area contributed by atoms with Gasteiger partial charge in [0.25, 0.3) is 5.56 Å². The first-order valence-corrected chi connectivity index (χ1v) is 11.3. The molecule has 1 aliphatic heterocycles. The molecule has 1 saturated heterocycles. The van der Waals surface area contributed by atoms with E-state index >= 15 is 0 Å². The number of nitrogens with one attached hydrogen (secondary N) is 2. The molecule has 2 aromatic heterocycles. The van der Waals surface area contributed by atoms with Gasteiger partial charge in [-0.2, -0.15) is 0 Å². The molecule has 1 fully saturated rings. The highest BCUT2D eigenvalue weighted by molar-refractivity contribution is 6.04. The average molecular weight is 431 g/mol. The normalized spacial score (nSPS) is 20.5. The molecule has 1 aliphatic carbocycles. The number of methoxy groups -OCH3 is 1. The van der Waals surface area contributed by atoms with E-state index in [2.05, 4.69) is 27.0 Å². The second kappa shape index (κ2) is 7.38. The van der Waals surface area contributed by atoms with Crippen molar-refractivity contribution in [3.63, 3.8) is 0 Å². The van der Waals surface area contributed by atoms with E-state index in [1.165, 1.54) is 15.7 Å². The number of hydrogen-bond acceptors (Lipinski definition) is 4. The Hall–Kier alpha value is -3.32. The third-order valence-electron chi connectivity index (χ3n) is 7.35. The van der Waals surface area contributed by atoms with Crippen LogP contribution < -0.4 is 16.0 Å². The van der Waals surface area contributed by atoms with Gasteiger partial charge in [-0.05, 0) is 42.0 Å². The van der Waals surface area contributed by atoms with Gasteiger partial charge in [0.15, 0.2) is 0 Å². The molecule has 4 aromatic rings. The van der Waals surface area contributed by atoms with Crippen molar-refractivity contribution in [3.05, 3.63) is 74.4 Å². The minimum absolute atomic E-state index is 0.258. The molecule has 0 bridgehead atoms. The van der Waals surface area contributed by atoms with Crippen LogP contribution in [0.3, 0.4) is 0 Å². The minimum Gasteiger partial charge on any atom is -0.496 e. The topological polar surface area (TPSA) is 83.1 Å². The third-order valence-corrected chi connectivity index (χ3v) is 7.35. The molecule has 0 radical (unpaired) electrons. The van der Waals surface area contributed by atoms with Gasteiger partial charge in [0, 0.05) is 43.0 Å². The Kier molecular flexibility index (Phi) is 4.47. The van der Waals surface area contributed by atoms with Gasteiger partial charge >= 0.3 is 5.69 Å². The molecule has 6 rings (SSSR count). The quantitative estimate of drug-likeness (QED) is 0.522. The Morgan fingerprint density at radius 2 is 1.88 bits per heavy atom. The number of aromatic amines is 2. The minimum atomic E-state index is -0.348. The number of H-pyrrole nitrogens is 2. The molecule has 3 heterocycles. The van der Waals surface area contributed by atoms with Crippen LogP contribution in [0.2, 0.25) is 0 Å². The molecule has 0 saturated carbocycles. The molecule has 32 heavy (non-hydrogen) atoms. The van der Waals surface area contributed by atoms with E-state index in [4.69, 9.17) is 4.74 Å². The van der Waals surface area contributed by atoms with E-state index in [1.54, 1.807) is 7.11 Å². The molecule has 0 spiro atoms. The van der Waals surface area contributed by atoms with Crippen molar-refractivity contribution in [2.24, 2.45) is 5.92 Å². The summed E-state index contributed by atoms with van der Waals surface area (Å²) in [6.45, 7) is 3.01. The molecule has 164 valence electrons. The second-order valence-corrected chi connectivity index (χ2v) is 9.00. The Bertz CT molecular complexity index is 1450. The number of ether oxygens (including phenoxy) is 1. The van der Waals surface area contributed by atoms with E-state index in [0.29, 0.717) is 36.0 Å². The summed E-state index contributed by atoms with van der Waals surface area (Å²) in [5.74, 6) is 2.09. The standard InChI is InChI=1S/C25H26N4O3/c1-32-21-8-4-6-16-17(21)10-9-15-13-28(14-19(15)16)11-12-29-24(30)23-22(27-25(29)31)18-5-2-3-7-20(18)26-23/h2-8,15,19,26H,9-14H2,1H3,(H,27,31)/t15-,19+/m1/s1. The van der Waals surface area contributed by atoms with Gasteiger partial charge in [-0.3, -0.25) is 9.36 Å². The summed E-state index contributed by atoms with van der Waals surface area (Å²) < 4.78 is 6.91. The van der Waals surface area contributed by atoms with Gasteiger partial charge in [0.05, 0.1) is 12.6 Å². The number of aromatic nitrogens is 3. The predicted molar refractivity (Wildman–Crippen MR) is 125 cm³/mol. The summed E-state index contributed by atoms with van der Waals surface area (Å²) in [5, 5.41) is 0.863. The van der Waals surface area contributed by atoms with E-state index in [1.807, 2.05) is 30.3 Å². The lowest BCUT2D eigenvalue weighted by Crippen LogP contribution is -2.38. The number of likely N-dealkylation sites (tertiary alicyclic amines) is 1. The number of benzene rings is 2. The summed E-state index contributed by atoms with van der Waals surface area (Å²) >= 11 is 0. The van der Waals surface area contributed by atoms with Crippen molar-refractivity contribution in [2.45, 2.75) is 25.3 Å². The molecular formula is C25H26N4O3. The van der Waals surface area contributed by atoms with Crippen LogP contribution in [0.25, 0.3) is 21.9 Å². The first kappa shape index (κ1) is 19.4. The van der Waals surface area contributed by atoms with Crippen molar-refractivity contribution in [1.82, 2.24) is 19.4 Å². The van der Waals surface area contributed by atoms with Crippen molar-refractivity contribution >= 4 is 21.9 Å². The van der Waals surface area contributed by atoms with Gasteiger partial charge < -0.3 is 19.6 Å². The van der Waals surface area contributed by atoms with Crippen LogP contribution in [0.15, 0.2) is 52.1 Å². The van der Waals surface area contributed by atoms with Gasteiger partial charge in [-0.15, -0.1) is 0 Å². The summed E-state index contributed by atoms with van der Waals surface area (Å²) in [4.78, 5) is 34.3. The zero-order chi connectivity index (χ0) is 21.8. The zero-order valence-corrected chi connectivity index (χ0v) is 18.1. The summed E-state index contributed by atoms with van der Waals surface area (Å²) in [7, 11) is 1.74. The lowest BCUT2D eigenvalue weighted by molar-refractivity contribution is 0.303. The average Bonchev–Trinajstić information content (AvgIpc) is 3.40. The first-order chi connectivity index (χ1) is 15.6. The van der Waals surface area contributed by atoms with E-state index in [9.17, 15) is 9.59 Å². The van der Waals surface area contributed by atoms with Crippen LogP contribution in [0, 0.1) is 5.92 Å². The highest BCUT2D eigenvalue weighted by atomic mass is 16.5. The van der Waals surface area contributed by atoms with Crippen LogP contribution >= 0.6 is 0 Å². The second-order valence-electron chi connectivity index (χ2n) is 9.00. The van der Waals surface area contributed by atoms with Crippen LogP contribution in [0.5, 0.6) is 5.75 Å². The van der Waals surface area contributed by atoms with Gasteiger partial charge in [-0.25, -0.2) is 4.79 Å². The number of hydrogen-bond donors (Lipinski definition) is 2. The van der Waals surface area contributed by atoms with E-state index in [0.717, 1.165) is 42.6 Å². The Balaban J connectivity index is 1.25.